The Hall–Kier alpha value is -1.12. The predicted molar refractivity (Wildman–Crippen MR) is 68.1 cm³/mol. The van der Waals surface area contributed by atoms with E-state index in [4.69, 9.17) is 0 Å². The molecule has 0 aliphatic heterocycles. The second-order valence-corrected chi connectivity index (χ2v) is 5.07. The molecule has 0 atom stereocenters. The zero-order valence-electron chi connectivity index (χ0n) is 10.7. The average Bonchev–Trinajstić information content (AvgIpc) is 2.39. The van der Waals surface area contributed by atoms with E-state index in [9.17, 15) is 8.78 Å². The SMILES string of the molecule is CCC1CCC(c2ccc(OC(F)F)cc2)CC1. The highest BCUT2D eigenvalue weighted by Gasteiger charge is 2.21. The molecule has 1 aromatic rings. The van der Waals surface area contributed by atoms with Crippen molar-refractivity contribution in [2.75, 3.05) is 0 Å². The van der Waals surface area contributed by atoms with Crippen LogP contribution < -0.4 is 4.74 Å². The maximum atomic E-state index is 12.0. The van der Waals surface area contributed by atoms with Crippen LogP contribution in [0, 0.1) is 5.92 Å². The Kier molecular flexibility index (Phi) is 4.56. The normalized spacial score (nSPS) is 24.2. The van der Waals surface area contributed by atoms with Crippen molar-refractivity contribution in [3.05, 3.63) is 29.8 Å². The van der Waals surface area contributed by atoms with E-state index in [1.54, 1.807) is 12.1 Å². The van der Waals surface area contributed by atoms with Gasteiger partial charge in [-0.3, -0.25) is 0 Å². The number of alkyl halides is 2. The van der Waals surface area contributed by atoms with Crippen molar-refractivity contribution < 1.29 is 13.5 Å². The van der Waals surface area contributed by atoms with E-state index < -0.39 is 6.61 Å². The standard InChI is InChI=1S/C15H20F2O/c1-2-11-3-5-12(6-4-11)13-7-9-14(10-8-13)18-15(16)17/h7-12,15H,2-6H2,1H3. The molecule has 100 valence electrons. The van der Waals surface area contributed by atoms with Crippen molar-refractivity contribution in [1.29, 1.82) is 0 Å². The van der Waals surface area contributed by atoms with Crippen molar-refractivity contribution in [2.24, 2.45) is 5.92 Å². The summed E-state index contributed by atoms with van der Waals surface area (Å²) in [4.78, 5) is 0. The van der Waals surface area contributed by atoms with Crippen LogP contribution in [0.1, 0.15) is 50.5 Å². The van der Waals surface area contributed by atoms with Gasteiger partial charge in [0.1, 0.15) is 5.75 Å². The molecule has 1 aliphatic carbocycles. The fourth-order valence-electron chi connectivity index (χ4n) is 2.83. The molecule has 0 heterocycles. The lowest BCUT2D eigenvalue weighted by molar-refractivity contribution is -0.0498. The predicted octanol–water partition coefficient (Wildman–Crippen LogP) is 4.97. The molecule has 1 fully saturated rings. The van der Waals surface area contributed by atoms with Crippen LogP contribution in [-0.2, 0) is 0 Å². The van der Waals surface area contributed by atoms with E-state index in [-0.39, 0.29) is 5.75 Å². The monoisotopic (exact) mass is 254 g/mol. The molecule has 18 heavy (non-hydrogen) atoms. The van der Waals surface area contributed by atoms with Crippen LogP contribution in [-0.4, -0.2) is 6.61 Å². The van der Waals surface area contributed by atoms with E-state index in [0.29, 0.717) is 5.92 Å². The first kappa shape index (κ1) is 13.3. The van der Waals surface area contributed by atoms with E-state index in [1.807, 2.05) is 12.1 Å². The first-order chi connectivity index (χ1) is 8.69. The van der Waals surface area contributed by atoms with Gasteiger partial charge >= 0.3 is 6.61 Å². The molecule has 1 saturated carbocycles. The lowest BCUT2D eigenvalue weighted by Crippen LogP contribution is -2.12. The third kappa shape index (κ3) is 3.44. The highest BCUT2D eigenvalue weighted by Crippen LogP contribution is 2.37. The maximum Gasteiger partial charge on any atom is 0.387 e. The van der Waals surface area contributed by atoms with E-state index in [2.05, 4.69) is 11.7 Å². The Labute approximate surface area is 107 Å². The molecule has 1 nitrogen and oxygen atoms in total. The number of ether oxygens (including phenoxy) is 1. The summed E-state index contributed by atoms with van der Waals surface area (Å²) < 4.78 is 28.4. The topological polar surface area (TPSA) is 9.23 Å². The highest BCUT2D eigenvalue weighted by molar-refractivity contribution is 5.29. The van der Waals surface area contributed by atoms with Gasteiger partial charge in [-0.05, 0) is 55.2 Å². The van der Waals surface area contributed by atoms with Crippen molar-refractivity contribution in [3.8, 4) is 5.75 Å². The summed E-state index contributed by atoms with van der Waals surface area (Å²) in [7, 11) is 0. The fourth-order valence-corrected chi connectivity index (χ4v) is 2.83. The second-order valence-electron chi connectivity index (χ2n) is 5.07. The summed E-state index contributed by atoms with van der Waals surface area (Å²) in [5, 5.41) is 0. The molecule has 0 radical (unpaired) electrons. The van der Waals surface area contributed by atoms with Crippen LogP contribution in [0.5, 0.6) is 5.75 Å². The zero-order chi connectivity index (χ0) is 13.0. The molecule has 0 saturated heterocycles. The van der Waals surface area contributed by atoms with Crippen LogP contribution in [0.4, 0.5) is 8.78 Å². The molecule has 0 aromatic heterocycles. The fraction of sp³-hybridized carbons (Fsp3) is 0.600. The van der Waals surface area contributed by atoms with Crippen molar-refractivity contribution >= 4 is 0 Å². The number of rotatable bonds is 4. The molecule has 2 rings (SSSR count). The Morgan fingerprint density at radius 2 is 1.72 bits per heavy atom. The molecule has 1 aliphatic rings. The molecular formula is C15H20F2O. The molecule has 0 amide bonds. The van der Waals surface area contributed by atoms with Gasteiger partial charge in [0.15, 0.2) is 0 Å². The quantitative estimate of drug-likeness (QED) is 0.737. The lowest BCUT2D eigenvalue weighted by atomic mass is 9.78. The van der Waals surface area contributed by atoms with Gasteiger partial charge in [0.05, 0.1) is 0 Å². The van der Waals surface area contributed by atoms with E-state index in [1.165, 1.54) is 37.7 Å². The summed E-state index contributed by atoms with van der Waals surface area (Å²) >= 11 is 0. The van der Waals surface area contributed by atoms with Gasteiger partial charge in [-0.15, -0.1) is 0 Å². The minimum atomic E-state index is -2.74. The van der Waals surface area contributed by atoms with Crippen molar-refractivity contribution in [2.45, 2.75) is 51.6 Å². The third-order valence-electron chi connectivity index (χ3n) is 4.00. The summed E-state index contributed by atoms with van der Waals surface area (Å²) in [5.41, 5.74) is 1.26. The molecule has 0 bridgehead atoms. The van der Waals surface area contributed by atoms with E-state index >= 15 is 0 Å². The number of hydrogen-bond donors (Lipinski definition) is 0. The van der Waals surface area contributed by atoms with Gasteiger partial charge in [-0.2, -0.15) is 8.78 Å². The average molecular weight is 254 g/mol. The van der Waals surface area contributed by atoms with Crippen molar-refractivity contribution in [3.63, 3.8) is 0 Å². The summed E-state index contributed by atoms with van der Waals surface area (Å²) in [6, 6.07) is 7.14. The number of hydrogen-bond acceptors (Lipinski definition) is 1. The molecular weight excluding hydrogens is 234 g/mol. The van der Waals surface area contributed by atoms with Gasteiger partial charge in [-0.25, -0.2) is 0 Å². The Bertz CT molecular complexity index is 353. The van der Waals surface area contributed by atoms with Crippen LogP contribution in [0.2, 0.25) is 0 Å². The summed E-state index contributed by atoms with van der Waals surface area (Å²) in [6.07, 6.45) is 6.28. The Morgan fingerprint density at radius 3 is 2.22 bits per heavy atom. The maximum absolute atomic E-state index is 12.0. The van der Waals surface area contributed by atoms with Gasteiger partial charge < -0.3 is 4.74 Å². The van der Waals surface area contributed by atoms with Crippen LogP contribution in [0.3, 0.4) is 0 Å². The van der Waals surface area contributed by atoms with E-state index in [0.717, 1.165) is 5.92 Å². The minimum Gasteiger partial charge on any atom is -0.435 e. The Morgan fingerprint density at radius 1 is 1.11 bits per heavy atom. The first-order valence-electron chi connectivity index (χ1n) is 6.73. The summed E-state index contributed by atoms with van der Waals surface area (Å²) in [6.45, 7) is -0.489. The lowest BCUT2D eigenvalue weighted by Gasteiger charge is -2.28. The Balaban J connectivity index is 1.93. The van der Waals surface area contributed by atoms with Crippen LogP contribution in [0.25, 0.3) is 0 Å². The van der Waals surface area contributed by atoms with Gasteiger partial charge in [-0.1, -0.05) is 25.5 Å². The van der Waals surface area contributed by atoms with Crippen molar-refractivity contribution in [1.82, 2.24) is 0 Å². The minimum absolute atomic E-state index is 0.246. The van der Waals surface area contributed by atoms with Gasteiger partial charge in [0.25, 0.3) is 0 Å². The second kappa shape index (κ2) is 6.17. The molecule has 3 heteroatoms. The largest absolute Gasteiger partial charge is 0.435 e. The number of benzene rings is 1. The zero-order valence-corrected chi connectivity index (χ0v) is 10.7. The molecule has 0 unspecified atom stereocenters. The summed E-state index contributed by atoms with van der Waals surface area (Å²) in [5.74, 6) is 1.71. The third-order valence-corrected chi connectivity index (χ3v) is 4.00. The number of halogens is 2. The van der Waals surface area contributed by atoms with Crippen LogP contribution in [0.15, 0.2) is 24.3 Å². The molecule has 0 N–H and O–H groups in total. The first-order valence-corrected chi connectivity index (χ1v) is 6.73. The molecule has 0 spiro atoms. The van der Waals surface area contributed by atoms with Crippen LogP contribution >= 0.6 is 0 Å². The smallest absolute Gasteiger partial charge is 0.387 e. The van der Waals surface area contributed by atoms with Gasteiger partial charge in [0.2, 0.25) is 0 Å². The highest BCUT2D eigenvalue weighted by atomic mass is 19.3. The molecule has 1 aromatic carbocycles. The van der Waals surface area contributed by atoms with Gasteiger partial charge in [0, 0.05) is 0 Å².